The fraction of sp³-hybridized carbons (Fsp3) is 0.538. The van der Waals surface area contributed by atoms with Gasteiger partial charge in [0.25, 0.3) is 5.91 Å². The molecule has 0 saturated carbocycles. The largest absolute Gasteiger partial charge is 0.434 e. The smallest absolute Gasteiger partial charge is 0.387 e. The lowest BCUT2D eigenvalue weighted by Crippen LogP contribution is -2.46. The number of hydrogen-bond acceptors (Lipinski definition) is 7. The maximum Gasteiger partial charge on any atom is 0.387 e. The van der Waals surface area contributed by atoms with Crippen molar-refractivity contribution in [3.63, 3.8) is 0 Å². The lowest BCUT2D eigenvalue weighted by atomic mass is 9.97. The lowest BCUT2D eigenvalue weighted by molar-refractivity contribution is -0.0507. The zero-order valence-electron chi connectivity index (χ0n) is 32.6. The maximum atomic E-state index is 14.3. The van der Waals surface area contributed by atoms with Gasteiger partial charge in [0.1, 0.15) is 17.2 Å². The van der Waals surface area contributed by atoms with Crippen molar-refractivity contribution in [2.75, 3.05) is 13.2 Å². The van der Waals surface area contributed by atoms with Gasteiger partial charge in [0, 0.05) is 42.0 Å². The van der Waals surface area contributed by atoms with Crippen LogP contribution in [-0.4, -0.2) is 66.7 Å². The second kappa shape index (κ2) is 13.1. The number of fused-ring (bicyclic) bond motifs is 9. The van der Waals surface area contributed by atoms with Crippen molar-refractivity contribution < 1.29 is 27.2 Å². The van der Waals surface area contributed by atoms with Crippen LogP contribution in [0.3, 0.4) is 0 Å². The van der Waals surface area contributed by atoms with E-state index < -0.39 is 34.9 Å². The maximum absolute atomic E-state index is 14.3. The molecular formula is C39H53F2N5O4Si2. The number of carbonyl (C=O) groups is 1. The number of alkyl halides is 2. The van der Waals surface area contributed by atoms with Crippen molar-refractivity contribution in [3.8, 4) is 16.9 Å². The summed E-state index contributed by atoms with van der Waals surface area (Å²) < 4.78 is 48.0. The molecule has 0 radical (unpaired) electrons. The van der Waals surface area contributed by atoms with Crippen LogP contribution in [0.2, 0.25) is 36.3 Å². The molecule has 52 heavy (non-hydrogen) atoms. The van der Waals surface area contributed by atoms with Gasteiger partial charge < -0.3 is 23.1 Å². The number of hydrogen-bond donors (Lipinski definition) is 0. The number of aromatic nitrogens is 4. The Balaban J connectivity index is 1.40. The molecule has 0 N–H and O–H groups in total. The highest BCUT2D eigenvalue weighted by atomic mass is 28.4. The molecular weight excluding hydrogens is 697 g/mol. The predicted molar refractivity (Wildman–Crippen MR) is 205 cm³/mol. The number of nitrogens with zero attached hydrogens (tertiary/aromatic N) is 5. The van der Waals surface area contributed by atoms with Crippen LogP contribution >= 0.6 is 0 Å². The number of rotatable bonds is 10. The van der Waals surface area contributed by atoms with Crippen molar-refractivity contribution in [1.29, 1.82) is 0 Å². The molecule has 2 aliphatic heterocycles. The number of ether oxygens (including phenoxy) is 1. The molecule has 0 spiro atoms. The fourth-order valence-corrected chi connectivity index (χ4v) is 9.56. The third-order valence-electron chi connectivity index (χ3n) is 11.7. The van der Waals surface area contributed by atoms with Gasteiger partial charge >= 0.3 is 6.61 Å². The lowest BCUT2D eigenvalue weighted by Gasteiger charge is -2.42. The number of halogens is 2. The molecule has 0 unspecified atom stereocenters. The minimum absolute atomic E-state index is 0.00125. The summed E-state index contributed by atoms with van der Waals surface area (Å²) in [6.45, 7) is 23.7. The van der Waals surface area contributed by atoms with Gasteiger partial charge in [-0.3, -0.25) is 4.79 Å². The molecule has 2 aliphatic rings. The first-order valence-electron chi connectivity index (χ1n) is 18.1. The molecule has 1 amide bonds. The Morgan fingerprint density at radius 3 is 2.15 bits per heavy atom. The van der Waals surface area contributed by atoms with Crippen LogP contribution in [0, 0.1) is 0 Å². The first kappa shape index (κ1) is 38.2. The summed E-state index contributed by atoms with van der Waals surface area (Å²) in [5, 5.41) is 0.0479. The first-order valence-corrected chi connectivity index (χ1v) is 23.9. The quantitative estimate of drug-likeness (QED) is 0.149. The van der Waals surface area contributed by atoms with E-state index in [9.17, 15) is 13.6 Å². The monoisotopic (exact) mass is 749 g/mol. The van der Waals surface area contributed by atoms with E-state index in [2.05, 4.69) is 72.3 Å². The van der Waals surface area contributed by atoms with E-state index in [1.165, 1.54) is 6.07 Å². The Kier molecular flexibility index (Phi) is 9.62. The number of amides is 1. The second-order valence-corrected chi connectivity index (χ2v) is 27.2. The molecule has 2 atom stereocenters. The van der Waals surface area contributed by atoms with Gasteiger partial charge in [-0.25, -0.2) is 15.0 Å². The molecule has 0 fully saturated rings. The molecule has 4 heterocycles. The first-order chi connectivity index (χ1) is 24.0. The van der Waals surface area contributed by atoms with Gasteiger partial charge in [-0.1, -0.05) is 53.7 Å². The van der Waals surface area contributed by atoms with Crippen molar-refractivity contribution >= 4 is 33.6 Å². The molecule has 13 heteroatoms. The van der Waals surface area contributed by atoms with E-state index in [0.29, 0.717) is 42.3 Å². The van der Waals surface area contributed by atoms with Crippen LogP contribution in [0.15, 0.2) is 48.8 Å². The van der Waals surface area contributed by atoms with Gasteiger partial charge in [-0.05, 0) is 79.9 Å². The Morgan fingerprint density at radius 2 is 1.54 bits per heavy atom. The van der Waals surface area contributed by atoms with Crippen LogP contribution in [0.25, 0.3) is 22.2 Å². The number of benzene rings is 2. The molecule has 0 saturated heterocycles. The molecule has 2 aromatic heterocycles. The second-order valence-electron chi connectivity index (χ2n) is 17.7. The van der Waals surface area contributed by atoms with E-state index in [4.69, 9.17) is 28.5 Å². The summed E-state index contributed by atoms with van der Waals surface area (Å²) in [7, 11) is -4.18. The van der Waals surface area contributed by atoms with Crippen molar-refractivity contribution in [1.82, 2.24) is 24.4 Å². The summed E-state index contributed by atoms with van der Waals surface area (Å²) >= 11 is 0. The van der Waals surface area contributed by atoms with E-state index in [1.54, 1.807) is 12.1 Å². The van der Waals surface area contributed by atoms with Crippen LogP contribution in [0.1, 0.15) is 101 Å². The minimum atomic E-state index is -3.04. The third-order valence-corrected chi connectivity index (χ3v) is 20.9. The van der Waals surface area contributed by atoms with Crippen molar-refractivity contribution in [3.05, 3.63) is 71.6 Å². The topological polar surface area (TPSA) is 91.6 Å². The molecule has 2 bridgehead atoms. The normalized spacial score (nSPS) is 18.2. The fourth-order valence-electron chi connectivity index (χ4n) is 6.86. The van der Waals surface area contributed by atoms with Gasteiger partial charge in [0.2, 0.25) is 0 Å². The Morgan fingerprint density at radius 1 is 0.885 bits per heavy atom. The summed E-state index contributed by atoms with van der Waals surface area (Å²) in [6.07, 6.45) is 4.11. The Bertz CT molecular complexity index is 1980. The average Bonchev–Trinajstić information content (AvgIpc) is 3.54. The highest BCUT2D eigenvalue weighted by Crippen LogP contribution is 2.51. The zero-order valence-corrected chi connectivity index (χ0v) is 34.6. The van der Waals surface area contributed by atoms with Crippen LogP contribution in [0.4, 0.5) is 8.78 Å². The predicted octanol–water partition coefficient (Wildman–Crippen LogP) is 9.86. The Labute approximate surface area is 308 Å². The van der Waals surface area contributed by atoms with Crippen LogP contribution in [0.5, 0.6) is 5.75 Å². The van der Waals surface area contributed by atoms with Crippen LogP contribution < -0.4 is 4.74 Å². The van der Waals surface area contributed by atoms with E-state index >= 15 is 0 Å². The SMILES string of the molecule is CC(C)(O[Si](C)(C)C(C)(C)C)c1ncc(-c2ccc3nc4n(c3c2)[C@@H]2C[C@H]4N(CCO[Si](C)(C)C(C)(C)C)C(=O)c3cccc(OC(F)F)c32)cn1. The minimum Gasteiger partial charge on any atom is -0.434 e. The van der Waals surface area contributed by atoms with Gasteiger partial charge in [0.15, 0.2) is 22.5 Å². The molecule has 2 aromatic carbocycles. The van der Waals surface area contributed by atoms with E-state index in [-0.39, 0.29) is 27.8 Å². The Hall–Kier alpha value is -3.53. The molecule has 9 nitrogen and oxygen atoms in total. The summed E-state index contributed by atoms with van der Waals surface area (Å²) in [5.74, 6) is 1.09. The summed E-state index contributed by atoms with van der Waals surface area (Å²) in [5.41, 5.74) is 3.42. The molecule has 280 valence electrons. The highest BCUT2D eigenvalue weighted by molar-refractivity contribution is 6.74. The average molecular weight is 750 g/mol. The van der Waals surface area contributed by atoms with E-state index in [1.807, 2.05) is 49.3 Å². The van der Waals surface area contributed by atoms with Crippen molar-refractivity contribution in [2.24, 2.45) is 0 Å². The van der Waals surface area contributed by atoms with Gasteiger partial charge in [-0.2, -0.15) is 8.78 Å². The molecule has 6 rings (SSSR count). The number of imidazole rings is 1. The number of carbonyl (C=O) groups excluding carboxylic acids is 1. The zero-order chi connectivity index (χ0) is 38.2. The summed E-state index contributed by atoms with van der Waals surface area (Å²) in [6, 6.07) is 9.97. The van der Waals surface area contributed by atoms with E-state index in [0.717, 1.165) is 22.2 Å². The van der Waals surface area contributed by atoms with Gasteiger partial charge in [0.05, 0.1) is 29.7 Å². The van der Waals surface area contributed by atoms with Crippen LogP contribution in [-0.2, 0) is 14.5 Å². The summed E-state index contributed by atoms with van der Waals surface area (Å²) in [4.78, 5) is 30.7. The van der Waals surface area contributed by atoms with Crippen molar-refractivity contribution in [2.45, 2.75) is 122 Å². The standard InChI is InChI=1S/C39H53F2N5O4Si2/c1-37(2,3)51(9,10)48-19-18-45-30-21-29(32-26(34(45)47)14-13-15-31(32)49-36(40)41)46-28-20-24(16-17-27(28)44-33(30)46)25-22-42-35(43-23-25)39(7,8)50-52(11,12)38(4,5)6/h13-17,20,22-23,29-30,36H,18-19,21H2,1-12H3/t29-,30-/m1/s1. The molecule has 0 aliphatic carbocycles. The third kappa shape index (κ3) is 6.85. The molecule has 4 aromatic rings. The van der Waals surface area contributed by atoms with Gasteiger partial charge in [-0.15, -0.1) is 0 Å². The highest BCUT2D eigenvalue weighted by Gasteiger charge is 2.47.